The van der Waals surface area contributed by atoms with Crippen LogP contribution >= 0.6 is 0 Å². The molecule has 0 unspecified atom stereocenters. The molecule has 0 radical (unpaired) electrons. The lowest BCUT2D eigenvalue weighted by Crippen LogP contribution is -2.18. The summed E-state index contributed by atoms with van der Waals surface area (Å²) in [5.41, 5.74) is 0. The van der Waals surface area contributed by atoms with E-state index in [1.165, 1.54) is 25.7 Å². The molecule has 0 aliphatic rings. The van der Waals surface area contributed by atoms with Crippen LogP contribution in [0.1, 0.15) is 59.3 Å². The first-order valence-electron chi connectivity index (χ1n) is 6.63. The highest BCUT2D eigenvalue weighted by atomic mass is 17.2. The summed E-state index contributed by atoms with van der Waals surface area (Å²) in [6, 6.07) is 0. The van der Waals surface area contributed by atoms with E-state index in [1.54, 1.807) is 0 Å². The summed E-state index contributed by atoms with van der Waals surface area (Å²) in [7, 11) is 0. The first-order valence-corrected chi connectivity index (χ1v) is 6.63. The largest absolute Gasteiger partial charge is 0.340 e. The molecule has 0 aromatic carbocycles. The molecule has 0 aromatic rings. The minimum Gasteiger partial charge on any atom is -0.305 e. The molecule has 0 atom stereocenters. The van der Waals surface area contributed by atoms with Crippen LogP contribution in [0, 0.1) is 0 Å². The summed E-state index contributed by atoms with van der Waals surface area (Å²) >= 11 is 0. The number of hydrogen-bond donors (Lipinski definition) is 0. The van der Waals surface area contributed by atoms with E-state index in [1.807, 2.05) is 0 Å². The highest BCUT2D eigenvalue weighted by molar-refractivity contribution is 6.51. The lowest BCUT2D eigenvalue weighted by Gasteiger charge is -2.12. The Labute approximate surface area is 95.8 Å². The second kappa shape index (κ2) is 12.1. The second-order valence-electron chi connectivity index (χ2n) is 4.18. The van der Waals surface area contributed by atoms with Crippen molar-refractivity contribution >= 4 is 6.92 Å². The molecule has 0 saturated heterocycles. The Hall–Kier alpha value is -0.0151. The van der Waals surface area contributed by atoms with E-state index < -0.39 is 0 Å². The normalized spacial score (nSPS) is 10.6. The highest BCUT2D eigenvalue weighted by Crippen LogP contribution is 2.11. The molecule has 0 saturated carbocycles. The van der Waals surface area contributed by atoms with Gasteiger partial charge in [0.15, 0.2) is 0 Å². The maximum Gasteiger partial charge on any atom is 0.340 e. The van der Waals surface area contributed by atoms with Crippen LogP contribution in [0.5, 0.6) is 0 Å². The van der Waals surface area contributed by atoms with E-state index in [4.69, 9.17) is 9.69 Å². The fourth-order valence-electron chi connectivity index (χ4n) is 1.45. The maximum atomic E-state index is 5.45. The predicted octanol–water partition coefficient (Wildman–Crippen LogP) is 4.33. The average Bonchev–Trinajstić information content (AvgIpc) is 2.27. The summed E-state index contributed by atoms with van der Waals surface area (Å²) in [4.78, 5) is 10.7. The minimum absolute atomic E-state index is 0.321. The Morgan fingerprint density at radius 1 is 0.800 bits per heavy atom. The lowest BCUT2D eigenvalue weighted by molar-refractivity contribution is -0.214. The highest BCUT2D eigenvalue weighted by Gasteiger charge is 2.15. The van der Waals surface area contributed by atoms with Gasteiger partial charge in [0.25, 0.3) is 0 Å². The molecule has 0 amide bonds. The van der Waals surface area contributed by atoms with Crippen LogP contribution in [0.15, 0.2) is 0 Å². The molecule has 0 aliphatic heterocycles. The van der Waals surface area contributed by atoms with Gasteiger partial charge in [0.1, 0.15) is 0 Å². The number of rotatable bonds is 11. The van der Waals surface area contributed by atoms with E-state index >= 15 is 0 Å². The summed E-state index contributed by atoms with van der Waals surface area (Å²) < 4.78 is 0. The Kier molecular flexibility index (Phi) is 12.0. The van der Waals surface area contributed by atoms with Gasteiger partial charge in [-0.3, -0.25) is 4.89 Å². The van der Waals surface area contributed by atoms with Gasteiger partial charge in [-0.2, -0.15) is 0 Å². The third-order valence-electron chi connectivity index (χ3n) is 2.54. The molecule has 0 spiro atoms. The van der Waals surface area contributed by atoms with E-state index in [0.717, 1.165) is 32.1 Å². The van der Waals surface area contributed by atoms with Crippen molar-refractivity contribution in [1.82, 2.24) is 0 Å². The first kappa shape index (κ1) is 15.0. The van der Waals surface area contributed by atoms with Gasteiger partial charge in [-0.15, -0.1) is 0 Å². The maximum absolute atomic E-state index is 5.45. The standard InChI is InChI=1S/C12H27BO2/c1-4-7-10-13(11-8-5-2)15-14-12-9-6-3/h4-12H2,1-3H3. The van der Waals surface area contributed by atoms with Gasteiger partial charge < -0.3 is 4.81 Å². The van der Waals surface area contributed by atoms with E-state index in [9.17, 15) is 0 Å². The molecule has 0 aliphatic carbocycles. The van der Waals surface area contributed by atoms with Gasteiger partial charge in [-0.25, -0.2) is 0 Å². The van der Waals surface area contributed by atoms with Gasteiger partial charge in [0.05, 0.1) is 6.61 Å². The number of unbranched alkanes of at least 4 members (excludes halogenated alkanes) is 3. The van der Waals surface area contributed by atoms with Crippen molar-refractivity contribution in [3.05, 3.63) is 0 Å². The van der Waals surface area contributed by atoms with E-state index in [-0.39, 0.29) is 0 Å². The van der Waals surface area contributed by atoms with Crippen molar-refractivity contribution < 1.29 is 9.69 Å². The molecule has 15 heavy (non-hydrogen) atoms. The smallest absolute Gasteiger partial charge is 0.305 e. The van der Waals surface area contributed by atoms with Crippen molar-refractivity contribution in [3.8, 4) is 0 Å². The molecule has 90 valence electrons. The van der Waals surface area contributed by atoms with Crippen LogP contribution in [0.2, 0.25) is 12.6 Å². The monoisotopic (exact) mass is 214 g/mol. The Morgan fingerprint density at radius 2 is 1.33 bits per heavy atom. The van der Waals surface area contributed by atoms with Crippen LogP contribution in [-0.2, 0) is 9.69 Å². The summed E-state index contributed by atoms with van der Waals surface area (Å²) in [5.74, 6) is 0. The van der Waals surface area contributed by atoms with Crippen molar-refractivity contribution in [3.63, 3.8) is 0 Å². The van der Waals surface area contributed by atoms with Gasteiger partial charge in [-0.05, 0) is 19.1 Å². The van der Waals surface area contributed by atoms with Crippen molar-refractivity contribution in [2.75, 3.05) is 6.61 Å². The van der Waals surface area contributed by atoms with Crippen molar-refractivity contribution in [2.24, 2.45) is 0 Å². The fourth-order valence-corrected chi connectivity index (χ4v) is 1.45. The summed E-state index contributed by atoms with van der Waals surface area (Å²) in [5, 5.41) is 0. The Morgan fingerprint density at radius 3 is 1.80 bits per heavy atom. The van der Waals surface area contributed by atoms with Crippen LogP contribution in [0.25, 0.3) is 0 Å². The van der Waals surface area contributed by atoms with Crippen LogP contribution in [-0.4, -0.2) is 13.5 Å². The fraction of sp³-hybridized carbons (Fsp3) is 1.00. The predicted molar refractivity (Wildman–Crippen MR) is 67.1 cm³/mol. The quantitative estimate of drug-likeness (QED) is 0.220. The second-order valence-corrected chi connectivity index (χ2v) is 4.18. The molecule has 0 aromatic heterocycles. The van der Waals surface area contributed by atoms with Crippen LogP contribution < -0.4 is 0 Å². The molecule has 0 heterocycles. The van der Waals surface area contributed by atoms with E-state index in [2.05, 4.69) is 20.8 Å². The number of hydrogen-bond acceptors (Lipinski definition) is 2. The Balaban J connectivity index is 3.49. The van der Waals surface area contributed by atoms with Crippen molar-refractivity contribution in [1.29, 1.82) is 0 Å². The average molecular weight is 214 g/mol. The molecular weight excluding hydrogens is 187 g/mol. The molecule has 0 bridgehead atoms. The van der Waals surface area contributed by atoms with Gasteiger partial charge in [0, 0.05) is 0 Å². The summed E-state index contributed by atoms with van der Waals surface area (Å²) in [6.07, 6.45) is 9.50. The summed E-state index contributed by atoms with van der Waals surface area (Å²) in [6.45, 7) is 7.66. The topological polar surface area (TPSA) is 18.5 Å². The molecule has 0 N–H and O–H groups in total. The first-order chi connectivity index (χ1) is 7.35. The SMILES string of the molecule is CCCCOOB(CCCC)CCCC. The van der Waals surface area contributed by atoms with Crippen LogP contribution in [0.3, 0.4) is 0 Å². The third-order valence-corrected chi connectivity index (χ3v) is 2.54. The van der Waals surface area contributed by atoms with Gasteiger partial charge in [0.2, 0.25) is 0 Å². The zero-order chi connectivity index (χ0) is 11.4. The molecule has 0 fully saturated rings. The van der Waals surface area contributed by atoms with Gasteiger partial charge >= 0.3 is 6.92 Å². The van der Waals surface area contributed by atoms with Gasteiger partial charge in [-0.1, -0.05) is 52.9 Å². The van der Waals surface area contributed by atoms with Crippen LogP contribution in [0.4, 0.5) is 0 Å². The molecule has 3 heteroatoms. The zero-order valence-electron chi connectivity index (χ0n) is 10.8. The van der Waals surface area contributed by atoms with E-state index in [0.29, 0.717) is 6.92 Å². The third kappa shape index (κ3) is 10.3. The molecular formula is C12H27BO2. The van der Waals surface area contributed by atoms with Crippen molar-refractivity contribution in [2.45, 2.75) is 71.9 Å². The Bertz CT molecular complexity index is 112. The lowest BCUT2D eigenvalue weighted by atomic mass is 9.60. The molecule has 2 nitrogen and oxygen atoms in total. The minimum atomic E-state index is 0.321. The molecule has 0 rings (SSSR count). The zero-order valence-corrected chi connectivity index (χ0v) is 10.8.